The number of hydrogen-bond acceptors (Lipinski definition) is 2. The average Bonchev–Trinajstić information content (AvgIpc) is 1.98. The van der Waals surface area contributed by atoms with Crippen molar-refractivity contribution in [2.75, 3.05) is 0 Å². The summed E-state index contributed by atoms with van der Waals surface area (Å²) in [7, 11) is 3.71. The molecule has 0 aliphatic heterocycles. The lowest BCUT2D eigenvalue weighted by molar-refractivity contribution is -0.743. The largest absolute Gasteiger partial charge is 0.317 e. The molecule has 1 aromatic rings. The average molecular weight is 225 g/mol. The normalized spacial score (nSPS) is 9.88. The smallest absolute Gasteiger partial charge is 0.131 e. The van der Waals surface area contributed by atoms with Crippen molar-refractivity contribution >= 4 is 22.6 Å². The van der Waals surface area contributed by atoms with E-state index >= 15 is 0 Å². The maximum absolute atomic E-state index is 3.74. The first-order valence-corrected chi connectivity index (χ1v) is 3.21. The van der Waals surface area contributed by atoms with E-state index < -0.39 is 0 Å². The number of aromatic nitrogens is 4. The number of tetrazole rings is 1. The second-order valence-corrected chi connectivity index (χ2v) is 2.46. The van der Waals surface area contributed by atoms with Crippen molar-refractivity contribution in [2.24, 2.45) is 14.1 Å². The molecule has 0 aliphatic rings. The van der Waals surface area contributed by atoms with Gasteiger partial charge in [0.05, 0.1) is 14.1 Å². The number of aryl methyl sites for hydroxylation is 2. The van der Waals surface area contributed by atoms with Gasteiger partial charge in [0, 0.05) is 22.6 Å². The van der Waals surface area contributed by atoms with Crippen LogP contribution in [0.3, 0.4) is 0 Å². The van der Waals surface area contributed by atoms with E-state index in [-0.39, 0.29) is 0 Å². The predicted molar refractivity (Wildman–Crippen MR) is 34.9 cm³/mol. The fourth-order valence-electron chi connectivity index (χ4n) is 0.403. The molecule has 0 spiro atoms. The van der Waals surface area contributed by atoms with Gasteiger partial charge < -0.3 is 0 Å². The summed E-state index contributed by atoms with van der Waals surface area (Å²) in [5, 5.41) is 7.48. The van der Waals surface area contributed by atoms with Gasteiger partial charge in [0.2, 0.25) is 0 Å². The lowest BCUT2D eigenvalue weighted by Gasteiger charge is -1.76. The van der Waals surface area contributed by atoms with Crippen molar-refractivity contribution in [3.05, 3.63) is 3.83 Å². The maximum atomic E-state index is 3.74. The van der Waals surface area contributed by atoms with E-state index in [0.717, 1.165) is 3.83 Å². The van der Waals surface area contributed by atoms with Gasteiger partial charge in [0.25, 0.3) is 0 Å². The van der Waals surface area contributed by atoms with Crippen LogP contribution in [0.15, 0.2) is 0 Å². The molecule has 0 fully saturated rings. The van der Waals surface area contributed by atoms with E-state index in [1.807, 2.05) is 14.1 Å². The summed E-state index contributed by atoms with van der Waals surface area (Å²) in [4.78, 5) is 0. The van der Waals surface area contributed by atoms with Crippen molar-refractivity contribution in [1.29, 1.82) is 0 Å². The number of hydrogen-bond donors (Lipinski definition) is 0. The third-order valence-corrected chi connectivity index (χ3v) is 2.24. The monoisotopic (exact) mass is 225 g/mol. The zero-order valence-corrected chi connectivity index (χ0v) is 6.82. The molecule has 0 aromatic carbocycles. The molecule has 0 amide bonds. The van der Waals surface area contributed by atoms with Crippen LogP contribution in [0.1, 0.15) is 0 Å². The summed E-state index contributed by atoms with van der Waals surface area (Å²) in [5.41, 5.74) is 0. The Hall–Kier alpha value is -0.200. The van der Waals surface area contributed by atoms with Crippen LogP contribution < -0.4 is 4.68 Å². The first-order valence-electron chi connectivity index (χ1n) is 2.13. The summed E-state index contributed by atoms with van der Waals surface area (Å²) < 4.78 is 4.43. The summed E-state index contributed by atoms with van der Waals surface area (Å²) in [6.07, 6.45) is 0. The molecular weight excluding hydrogens is 219 g/mol. The van der Waals surface area contributed by atoms with Gasteiger partial charge in [0.1, 0.15) is 5.21 Å². The lowest BCUT2D eigenvalue weighted by atomic mass is 11.1. The van der Waals surface area contributed by atoms with Gasteiger partial charge in [-0.2, -0.15) is 0 Å². The van der Waals surface area contributed by atoms with Crippen LogP contribution in [0, 0.1) is 3.83 Å². The molecule has 1 aromatic heterocycles. The van der Waals surface area contributed by atoms with Crippen molar-refractivity contribution in [3.63, 3.8) is 0 Å². The Bertz CT molecular complexity index is 174. The molecule has 0 N–H and O–H groups in total. The molecule has 1 rings (SSSR count). The summed E-state index contributed by atoms with van der Waals surface area (Å²) in [6, 6.07) is 0. The SMILES string of the molecule is Cn1nn[n+](C)c1I. The molecule has 0 saturated carbocycles. The first-order chi connectivity index (χ1) is 3.72. The predicted octanol–water partition coefficient (Wildman–Crippen LogP) is -0.756. The Kier molecular flexibility index (Phi) is 1.45. The number of nitrogens with zero attached hydrogens (tertiary/aromatic N) is 4. The minimum absolute atomic E-state index is 1.02. The van der Waals surface area contributed by atoms with Gasteiger partial charge in [-0.1, -0.05) is 4.68 Å². The highest BCUT2D eigenvalue weighted by molar-refractivity contribution is 14.1. The molecule has 44 valence electrons. The van der Waals surface area contributed by atoms with Gasteiger partial charge in [-0.05, 0) is 0 Å². The van der Waals surface area contributed by atoms with E-state index in [4.69, 9.17) is 0 Å². The van der Waals surface area contributed by atoms with Gasteiger partial charge in [-0.3, -0.25) is 0 Å². The van der Waals surface area contributed by atoms with Crippen LogP contribution in [-0.4, -0.2) is 15.1 Å². The van der Waals surface area contributed by atoms with E-state index in [2.05, 4.69) is 33.0 Å². The molecule has 8 heavy (non-hydrogen) atoms. The Labute approximate surface area is 60.6 Å². The Morgan fingerprint density at radius 1 is 1.75 bits per heavy atom. The summed E-state index contributed by atoms with van der Waals surface area (Å²) >= 11 is 2.16. The third-order valence-electron chi connectivity index (χ3n) is 0.842. The van der Waals surface area contributed by atoms with Crippen LogP contribution in [-0.2, 0) is 14.1 Å². The van der Waals surface area contributed by atoms with Gasteiger partial charge >= 0.3 is 3.83 Å². The molecule has 0 atom stereocenters. The van der Waals surface area contributed by atoms with Crippen LogP contribution in [0.25, 0.3) is 0 Å². The Balaban J connectivity index is 3.19. The highest BCUT2D eigenvalue weighted by atomic mass is 127. The molecule has 0 bridgehead atoms. The van der Waals surface area contributed by atoms with Crippen molar-refractivity contribution < 1.29 is 4.68 Å². The molecule has 0 radical (unpaired) electrons. The molecule has 0 saturated heterocycles. The minimum Gasteiger partial charge on any atom is -0.131 e. The minimum atomic E-state index is 1.02. The number of rotatable bonds is 0. The van der Waals surface area contributed by atoms with Crippen molar-refractivity contribution in [3.8, 4) is 0 Å². The molecule has 0 aliphatic carbocycles. The summed E-state index contributed by atoms with van der Waals surface area (Å²) in [6.45, 7) is 0. The molecule has 0 unspecified atom stereocenters. The first kappa shape index (κ1) is 5.93. The lowest BCUT2D eigenvalue weighted by Crippen LogP contribution is -2.33. The second-order valence-electron chi connectivity index (χ2n) is 1.50. The summed E-state index contributed by atoms with van der Waals surface area (Å²) in [5.74, 6) is 0. The topological polar surface area (TPSA) is 34.6 Å². The van der Waals surface area contributed by atoms with Crippen LogP contribution in [0.5, 0.6) is 0 Å². The van der Waals surface area contributed by atoms with Crippen molar-refractivity contribution in [1.82, 2.24) is 15.1 Å². The highest BCUT2D eigenvalue weighted by Gasteiger charge is 2.07. The quantitative estimate of drug-likeness (QED) is 0.430. The fourth-order valence-corrected chi connectivity index (χ4v) is 0.596. The van der Waals surface area contributed by atoms with Gasteiger partial charge in [0.15, 0.2) is 5.21 Å². The number of halogens is 1. The standard InChI is InChI=1S/C3H6IN4/c1-7-3(4)8(2)6-5-7/h1-2H3/q+1. The fraction of sp³-hybridized carbons (Fsp3) is 0.667. The van der Waals surface area contributed by atoms with E-state index in [9.17, 15) is 0 Å². The van der Waals surface area contributed by atoms with E-state index in [1.54, 1.807) is 9.36 Å². The van der Waals surface area contributed by atoms with Crippen molar-refractivity contribution in [2.45, 2.75) is 0 Å². The van der Waals surface area contributed by atoms with Crippen LogP contribution in [0.4, 0.5) is 0 Å². The zero-order valence-electron chi connectivity index (χ0n) is 4.67. The van der Waals surface area contributed by atoms with Crippen LogP contribution >= 0.6 is 22.6 Å². The molecule has 1 heterocycles. The molecule has 5 heteroatoms. The molecule has 4 nitrogen and oxygen atoms in total. The van der Waals surface area contributed by atoms with E-state index in [1.165, 1.54) is 0 Å². The Morgan fingerprint density at radius 3 is 2.50 bits per heavy atom. The maximum Gasteiger partial charge on any atom is 0.317 e. The van der Waals surface area contributed by atoms with Gasteiger partial charge in [-0.15, -0.1) is 4.68 Å². The molecular formula is C3H6IN4+. The van der Waals surface area contributed by atoms with Crippen LogP contribution in [0.2, 0.25) is 0 Å². The Morgan fingerprint density at radius 2 is 2.38 bits per heavy atom. The zero-order chi connectivity index (χ0) is 6.15. The third kappa shape index (κ3) is 0.816. The second kappa shape index (κ2) is 1.96. The van der Waals surface area contributed by atoms with E-state index in [0.29, 0.717) is 0 Å². The van der Waals surface area contributed by atoms with Gasteiger partial charge in [-0.25, -0.2) is 0 Å². The highest BCUT2D eigenvalue weighted by Crippen LogP contribution is 1.88.